The summed E-state index contributed by atoms with van der Waals surface area (Å²) >= 11 is 3.25. The van der Waals surface area contributed by atoms with E-state index in [1.807, 2.05) is 0 Å². The molecule has 0 fully saturated rings. The first-order valence-electron chi connectivity index (χ1n) is 3.90. The molecule has 0 aromatic carbocycles. The summed E-state index contributed by atoms with van der Waals surface area (Å²) in [6.07, 6.45) is 1.53. The second-order valence-corrected chi connectivity index (χ2v) is 3.75. The molecule has 0 atom stereocenters. The van der Waals surface area contributed by atoms with Crippen LogP contribution in [0.1, 0.15) is 10.4 Å². The fraction of sp³-hybridized carbons (Fsp3) is 0.250. The number of halogens is 1. The maximum Gasteiger partial charge on any atom is 0.254 e. The lowest BCUT2D eigenvalue weighted by molar-refractivity contribution is 0.0826. The largest absolute Gasteiger partial charge is 0.345 e. The van der Waals surface area contributed by atoms with Crippen LogP contribution >= 0.6 is 15.9 Å². The standard InChI is InChI=1S/C8H11BrN4O/c1-13(2)8(14)5-3-7(12-10)11-4-6(5)9/h3-4H,10H2,1-2H3,(H,11,12). The molecule has 0 aliphatic carbocycles. The van der Waals surface area contributed by atoms with Crippen molar-refractivity contribution in [3.63, 3.8) is 0 Å². The summed E-state index contributed by atoms with van der Waals surface area (Å²) in [6.45, 7) is 0. The second-order valence-electron chi connectivity index (χ2n) is 2.89. The van der Waals surface area contributed by atoms with Gasteiger partial charge in [0.15, 0.2) is 0 Å². The van der Waals surface area contributed by atoms with E-state index in [1.54, 1.807) is 20.2 Å². The number of nitrogens with two attached hydrogens (primary N) is 1. The summed E-state index contributed by atoms with van der Waals surface area (Å²) in [5.41, 5.74) is 2.91. The quantitative estimate of drug-likeness (QED) is 0.609. The maximum absolute atomic E-state index is 11.6. The van der Waals surface area contributed by atoms with Crippen LogP contribution in [-0.4, -0.2) is 29.9 Å². The average Bonchev–Trinajstić information content (AvgIpc) is 2.17. The molecular weight excluding hydrogens is 248 g/mol. The number of pyridine rings is 1. The van der Waals surface area contributed by atoms with Gasteiger partial charge >= 0.3 is 0 Å². The number of hydrazine groups is 1. The fourth-order valence-electron chi connectivity index (χ4n) is 0.922. The Morgan fingerprint density at radius 3 is 2.79 bits per heavy atom. The molecule has 6 heteroatoms. The van der Waals surface area contributed by atoms with Crippen molar-refractivity contribution in [2.75, 3.05) is 19.5 Å². The zero-order valence-electron chi connectivity index (χ0n) is 7.91. The van der Waals surface area contributed by atoms with Crippen molar-refractivity contribution in [2.24, 2.45) is 5.84 Å². The Morgan fingerprint density at radius 2 is 2.29 bits per heavy atom. The predicted molar refractivity (Wildman–Crippen MR) is 57.8 cm³/mol. The summed E-state index contributed by atoms with van der Waals surface area (Å²) in [5, 5.41) is 0. The molecule has 0 bridgehead atoms. The highest BCUT2D eigenvalue weighted by molar-refractivity contribution is 9.10. The van der Waals surface area contributed by atoms with E-state index in [1.165, 1.54) is 11.1 Å². The van der Waals surface area contributed by atoms with Gasteiger partial charge in [-0.25, -0.2) is 10.8 Å². The Morgan fingerprint density at radius 1 is 1.64 bits per heavy atom. The van der Waals surface area contributed by atoms with E-state index in [0.717, 1.165) is 0 Å². The van der Waals surface area contributed by atoms with E-state index >= 15 is 0 Å². The molecule has 3 N–H and O–H groups in total. The number of rotatable bonds is 2. The number of carbonyl (C=O) groups excluding carboxylic acids is 1. The van der Waals surface area contributed by atoms with Crippen LogP contribution < -0.4 is 11.3 Å². The molecule has 1 aromatic heterocycles. The highest BCUT2D eigenvalue weighted by atomic mass is 79.9. The normalized spacial score (nSPS) is 9.71. The molecular formula is C8H11BrN4O. The van der Waals surface area contributed by atoms with Crippen LogP contribution in [0.2, 0.25) is 0 Å². The first-order chi connectivity index (χ1) is 6.56. The summed E-state index contributed by atoms with van der Waals surface area (Å²) in [5.74, 6) is 5.55. The minimum absolute atomic E-state index is 0.101. The topological polar surface area (TPSA) is 71.2 Å². The lowest BCUT2D eigenvalue weighted by Gasteiger charge is -2.12. The van der Waals surface area contributed by atoms with Crippen LogP contribution in [0.4, 0.5) is 5.82 Å². The predicted octanol–water partition coefficient (Wildman–Crippen LogP) is 0.831. The number of nitrogens with zero attached hydrogens (tertiary/aromatic N) is 2. The highest BCUT2D eigenvalue weighted by Gasteiger charge is 2.12. The zero-order chi connectivity index (χ0) is 10.7. The summed E-state index contributed by atoms with van der Waals surface area (Å²) in [6, 6.07) is 1.59. The van der Waals surface area contributed by atoms with E-state index in [4.69, 9.17) is 5.84 Å². The van der Waals surface area contributed by atoms with Crippen molar-refractivity contribution in [2.45, 2.75) is 0 Å². The third kappa shape index (κ3) is 2.21. The molecule has 1 rings (SSSR count). The number of anilines is 1. The van der Waals surface area contributed by atoms with Gasteiger partial charge in [0, 0.05) is 24.8 Å². The Balaban J connectivity index is 3.12. The van der Waals surface area contributed by atoms with Crippen molar-refractivity contribution < 1.29 is 4.79 Å². The van der Waals surface area contributed by atoms with E-state index < -0.39 is 0 Å². The monoisotopic (exact) mass is 258 g/mol. The number of nitrogen functional groups attached to an aromatic ring is 1. The lowest BCUT2D eigenvalue weighted by Crippen LogP contribution is -2.22. The molecule has 0 aliphatic rings. The number of amides is 1. The lowest BCUT2D eigenvalue weighted by atomic mass is 10.2. The molecule has 0 saturated heterocycles. The van der Waals surface area contributed by atoms with Crippen molar-refractivity contribution in [3.8, 4) is 0 Å². The van der Waals surface area contributed by atoms with Gasteiger partial charge < -0.3 is 10.3 Å². The number of hydrogen-bond donors (Lipinski definition) is 2. The van der Waals surface area contributed by atoms with Crippen LogP contribution in [0.5, 0.6) is 0 Å². The molecule has 1 heterocycles. The van der Waals surface area contributed by atoms with Gasteiger partial charge in [-0.2, -0.15) is 0 Å². The molecule has 1 aromatic rings. The van der Waals surface area contributed by atoms with Gasteiger partial charge in [-0.1, -0.05) is 0 Å². The molecule has 0 saturated carbocycles. The molecule has 0 spiro atoms. The molecule has 5 nitrogen and oxygen atoms in total. The Kier molecular flexibility index (Phi) is 3.43. The number of hydrogen-bond acceptors (Lipinski definition) is 4. The summed E-state index contributed by atoms with van der Waals surface area (Å²) < 4.78 is 0.648. The third-order valence-corrected chi connectivity index (χ3v) is 2.27. The number of carbonyl (C=O) groups is 1. The molecule has 76 valence electrons. The Labute approximate surface area is 90.4 Å². The van der Waals surface area contributed by atoms with Crippen LogP contribution in [-0.2, 0) is 0 Å². The molecule has 0 radical (unpaired) electrons. The van der Waals surface area contributed by atoms with Crippen LogP contribution in [0, 0.1) is 0 Å². The van der Waals surface area contributed by atoms with Gasteiger partial charge in [0.25, 0.3) is 5.91 Å². The van der Waals surface area contributed by atoms with E-state index in [0.29, 0.717) is 15.9 Å². The van der Waals surface area contributed by atoms with Crippen LogP contribution in [0.3, 0.4) is 0 Å². The van der Waals surface area contributed by atoms with E-state index in [9.17, 15) is 4.79 Å². The van der Waals surface area contributed by atoms with Crippen molar-refractivity contribution in [1.29, 1.82) is 0 Å². The molecule has 14 heavy (non-hydrogen) atoms. The van der Waals surface area contributed by atoms with Crippen molar-refractivity contribution in [1.82, 2.24) is 9.88 Å². The Hall–Kier alpha value is -1.14. The van der Waals surface area contributed by atoms with Gasteiger partial charge in [-0.3, -0.25) is 4.79 Å². The maximum atomic E-state index is 11.6. The molecule has 0 aliphatic heterocycles. The SMILES string of the molecule is CN(C)C(=O)c1cc(NN)ncc1Br. The third-order valence-electron chi connectivity index (χ3n) is 1.64. The van der Waals surface area contributed by atoms with Crippen LogP contribution in [0.15, 0.2) is 16.7 Å². The number of nitrogens with one attached hydrogen (secondary N) is 1. The highest BCUT2D eigenvalue weighted by Crippen LogP contribution is 2.19. The van der Waals surface area contributed by atoms with Gasteiger partial charge in [0.2, 0.25) is 0 Å². The minimum Gasteiger partial charge on any atom is -0.345 e. The summed E-state index contributed by atoms with van der Waals surface area (Å²) in [7, 11) is 3.37. The Bertz CT molecular complexity index is 353. The van der Waals surface area contributed by atoms with E-state index in [2.05, 4.69) is 26.3 Å². The van der Waals surface area contributed by atoms with E-state index in [-0.39, 0.29) is 5.91 Å². The summed E-state index contributed by atoms with van der Waals surface area (Å²) in [4.78, 5) is 17.1. The van der Waals surface area contributed by atoms with Gasteiger partial charge in [0.05, 0.1) is 5.56 Å². The first kappa shape index (κ1) is 10.9. The number of aromatic nitrogens is 1. The minimum atomic E-state index is -0.101. The van der Waals surface area contributed by atoms with Crippen molar-refractivity contribution in [3.05, 3.63) is 22.3 Å². The van der Waals surface area contributed by atoms with Gasteiger partial charge in [0.1, 0.15) is 5.82 Å². The van der Waals surface area contributed by atoms with Crippen molar-refractivity contribution >= 4 is 27.7 Å². The second kappa shape index (κ2) is 4.39. The molecule has 1 amide bonds. The zero-order valence-corrected chi connectivity index (χ0v) is 9.50. The average molecular weight is 259 g/mol. The van der Waals surface area contributed by atoms with Gasteiger partial charge in [-0.05, 0) is 22.0 Å². The smallest absolute Gasteiger partial charge is 0.254 e. The van der Waals surface area contributed by atoms with Crippen LogP contribution in [0.25, 0.3) is 0 Å². The fourth-order valence-corrected chi connectivity index (χ4v) is 1.31. The first-order valence-corrected chi connectivity index (χ1v) is 4.69. The molecule has 0 unspecified atom stereocenters. The van der Waals surface area contributed by atoms with Gasteiger partial charge in [-0.15, -0.1) is 0 Å².